The highest BCUT2D eigenvalue weighted by molar-refractivity contribution is 5.80. The zero-order valence-corrected chi connectivity index (χ0v) is 14.8. The van der Waals surface area contributed by atoms with E-state index in [0.29, 0.717) is 11.8 Å². The summed E-state index contributed by atoms with van der Waals surface area (Å²) in [4.78, 5) is 20.5. The highest BCUT2D eigenvalue weighted by Gasteiger charge is 2.20. The zero-order valence-electron chi connectivity index (χ0n) is 14.8. The van der Waals surface area contributed by atoms with Crippen LogP contribution in [0.4, 0.5) is 6.01 Å². The van der Waals surface area contributed by atoms with Crippen LogP contribution in [0, 0.1) is 0 Å². The van der Waals surface area contributed by atoms with Crippen LogP contribution >= 0.6 is 0 Å². The van der Waals surface area contributed by atoms with Gasteiger partial charge in [0.1, 0.15) is 12.3 Å². The molecule has 0 aliphatic carbocycles. The van der Waals surface area contributed by atoms with Crippen LogP contribution < -0.4 is 9.64 Å². The largest absolute Gasteiger partial charge is 0.497 e. The Bertz CT molecular complexity index is 691. The number of carbonyl (C=O) groups excluding carboxylic acids is 1. The Labute approximate surface area is 147 Å². The third-order valence-corrected chi connectivity index (χ3v) is 4.42. The van der Waals surface area contributed by atoms with Crippen LogP contribution in [-0.2, 0) is 4.79 Å². The van der Waals surface area contributed by atoms with E-state index in [1.165, 1.54) is 12.8 Å². The van der Waals surface area contributed by atoms with Gasteiger partial charge >= 0.3 is 6.01 Å². The maximum Gasteiger partial charge on any atom is 0.324 e. The molecule has 0 N–H and O–H groups in total. The number of anilines is 1. The predicted molar refractivity (Wildman–Crippen MR) is 94.6 cm³/mol. The second-order valence-electron chi connectivity index (χ2n) is 6.28. The average molecular weight is 344 g/mol. The van der Waals surface area contributed by atoms with Gasteiger partial charge in [-0.1, -0.05) is 18.0 Å². The van der Waals surface area contributed by atoms with Gasteiger partial charge in [-0.15, -0.1) is 0 Å². The molecule has 0 unspecified atom stereocenters. The van der Waals surface area contributed by atoms with Gasteiger partial charge in [0.15, 0.2) is 0 Å². The monoisotopic (exact) mass is 344 g/mol. The predicted octanol–water partition coefficient (Wildman–Crippen LogP) is 2.58. The van der Waals surface area contributed by atoms with Gasteiger partial charge in [0.05, 0.1) is 7.11 Å². The number of hydrogen-bond donors (Lipinski definition) is 0. The van der Waals surface area contributed by atoms with Gasteiger partial charge in [-0.25, -0.2) is 0 Å². The molecule has 1 aliphatic heterocycles. The smallest absolute Gasteiger partial charge is 0.324 e. The van der Waals surface area contributed by atoms with E-state index in [4.69, 9.17) is 9.26 Å². The molecule has 1 aromatic carbocycles. The quantitative estimate of drug-likeness (QED) is 0.830. The van der Waals surface area contributed by atoms with Gasteiger partial charge in [-0.2, -0.15) is 4.98 Å². The molecular weight excluding hydrogens is 320 g/mol. The summed E-state index contributed by atoms with van der Waals surface area (Å²) < 4.78 is 10.5. The van der Waals surface area contributed by atoms with Crippen LogP contribution in [0.25, 0.3) is 11.4 Å². The standard InChI is InChI=1S/C18H24N4O3/c1-21(13-16(23)22-11-5-3-4-6-12-22)18-19-17(20-25-18)14-7-9-15(24-2)10-8-14/h7-10H,3-6,11-13H2,1-2H3. The maximum atomic E-state index is 12.5. The van der Waals surface area contributed by atoms with Crippen molar-refractivity contribution >= 4 is 11.9 Å². The number of methoxy groups -OCH3 is 1. The van der Waals surface area contributed by atoms with Crippen LogP contribution in [0.1, 0.15) is 25.7 Å². The fourth-order valence-electron chi connectivity index (χ4n) is 2.92. The summed E-state index contributed by atoms with van der Waals surface area (Å²) in [5.41, 5.74) is 0.836. The number of carbonyl (C=O) groups is 1. The first-order chi connectivity index (χ1) is 12.2. The molecule has 0 atom stereocenters. The van der Waals surface area contributed by atoms with E-state index < -0.39 is 0 Å². The molecule has 0 bridgehead atoms. The molecule has 1 aromatic heterocycles. The first-order valence-electron chi connectivity index (χ1n) is 8.64. The number of likely N-dealkylation sites (tertiary alicyclic amines) is 1. The third kappa shape index (κ3) is 4.29. The second-order valence-corrected chi connectivity index (χ2v) is 6.28. The number of aromatic nitrogens is 2. The average Bonchev–Trinajstić information content (AvgIpc) is 2.97. The van der Waals surface area contributed by atoms with E-state index in [1.54, 1.807) is 19.1 Å². The van der Waals surface area contributed by atoms with Crippen molar-refractivity contribution in [3.63, 3.8) is 0 Å². The number of nitrogens with zero attached hydrogens (tertiary/aromatic N) is 4. The Morgan fingerprint density at radius 1 is 1.20 bits per heavy atom. The molecule has 2 aromatic rings. The molecule has 1 fully saturated rings. The topological polar surface area (TPSA) is 71.7 Å². The molecule has 134 valence electrons. The molecule has 1 amide bonds. The van der Waals surface area contributed by atoms with Crippen molar-refractivity contribution in [1.29, 1.82) is 0 Å². The molecule has 1 aliphatic rings. The Morgan fingerprint density at radius 3 is 2.52 bits per heavy atom. The van der Waals surface area contributed by atoms with E-state index in [0.717, 1.165) is 37.2 Å². The summed E-state index contributed by atoms with van der Waals surface area (Å²) >= 11 is 0. The lowest BCUT2D eigenvalue weighted by molar-refractivity contribution is -0.129. The van der Waals surface area contributed by atoms with Gasteiger partial charge in [0.25, 0.3) is 0 Å². The van der Waals surface area contributed by atoms with Gasteiger partial charge in [0, 0.05) is 25.7 Å². The minimum absolute atomic E-state index is 0.105. The van der Waals surface area contributed by atoms with Crippen LogP contribution in [-0.4, -0.2) is 54.7 Å². The number of likely N-dealkylation sites (N-methyl/N-ethyl adjacent to an activating group) is 1. The lowest BCUT2D eigenvalue weighted by atomic mass is 10.2. The Morgan fingerprint density at radius 2 is 1.88 bits per heavy atom. The molecular formula is C18H24N4O3. The number of benzene rings is 1. The molecule has 7 heteroatoms. The summed E-state index contributed by atoms with van der Waals surface area (Å²) in [6.45, 7) is 1.92. The molecule has 3 rings (SSSR count). The lowest BCUT2D eigenvalue weighted by Gasteiger charge is -2.23. The van der Waals surface area contributed by atoms with Gasteiger partial charge in [0.2, 0.25) is 11.7 Å². The Kier molecular flexibility index (Phi) is 5.53. The molecule has 2 heterocycles. The van der Waals surface area contributed by atoms with Crippen LogP contribution in [0.2, 0.25) is 0 Å². The normalized spacial score (nSPS) is 14.9. The zero-order chi connectivity index (χ0) is 17.6. The second kappa shape index (κ2) is 8.00. The maximum absolute atomic E-state index is 12.5. The molecule has 25 heavy (non-hydrogen) atoms. The minimum atomic E-state index is 0.105. The summed E-state index contributed by atoms with van der Waals surface area (Å²) in [7, 11) is 3.42. The van der Waals surface area contributed by atoms with Crippen molar-refractivity contribution in [2.24, 2.45) is 0 Å². The summed E-state index contributed by atoms with van der Waals surface area (Å²) in [5.74, 6) is 1.37. The van der Waals surface area contributed by atoms with E-state index >= 15 is 0 Å². The van der Waals surface area contributed by atoms with E-state index in [1.807, 2.05) is 29.2 Å². The van der Waals surface area contributed by atoms with Crippen LogP contribution in [0.15, 0.2) is 28.8 Å². The number of amides is 1. The van der Waals surface area contributed by atoms with Crippen LogP contribution in [0.5, 0.6) is 5.75 Å². The van der Waals surface area contributed by atoms with Gasteiger partial charge < -0.3 is 19.1 Å². The highest BCUT2D eigenvalue weighted by atomic mass is 16.5. The molecule has 0 saturated carbocycles. The Hall–Kier alpha value is -2.57. The summed E-state index contributed by atoms with van der Waals surface area (Å²) in [6.07, 6.45) is 4.57. The van der Waals surface area contributed by atoms with Gasteiger partial charge in [-0.05, 0) is 37.1 Å². The van der Waals surface area contributed by atoms with Crippen molar-refractivity contribution in [3.05, 3.63) is 24.3 Å². The van der Waals surface area contributed by atoms with E-state index in [2.05, 4.69) is 10.1 Å². The summed E-state index contributed by atoms with van der Waals surface area (Å²) in [6, 6.07) is 7.77. The Balaban J connectivity index is 1.63. The van der Waals surface area contributed by atoms with Gasteiger partial charge in [-0.3, -0.25) is 4.79 Å². The van der Waals surface area contributed by atoms with Crippen LogP contribution in [0.3, 0.4) is 0 Å². The van der Waals surface area contributed by atoms with Crippen molar-refractivity contribution in [3.8, 4) is 17.1 Å². The SMILES string of the molecule is COc1ccc(-c2noc(N(C)CC(=O)N3CCCCCC3)n2)cc1. The molecule has 0 spiro atoms. The fraction of sp³-hybridized carbons (Fsp3) is 0.500. The third-order valence-electron chi connectivity index (χ3n) is 4.42. The molecule has 7 nitrogen and oxygen atoms in total. The lowest BCUT2D eigenvalue weighted by Crippen LogP contribution is -2.39. The first-order valence-corrected chi connectivity index (χ1v) is 8.64. The summed E-state index contributed by atoms with van der Waals surface area (Å²) in [5, 5.41) is 4.00. The molecule has 1 saturated heterocycles. The molecule has 0 radical (unpaired) electrons. The van der Waals surface area contributed by atoms with E-state index in [-0.39, 0.29) is 12.5 Å². The fourth-order valence-corrected chi connectivity index (χ4v) is 2.92. The van der Waals surface area contributed by atoms with Crippen molar-refractivity contribution < 1.29 is 14.1 Å². The minimum Gasteiger partial charge on any atom is -0.497 e. The number of rotatable bonds is 5. The van der Waals surface area contributed by atoms with Crippen molar-refractivity contribution in [2.75, 3.05) is 38.7 Å². The van der Waals surface area contributed by atoms with Crippen molar-refractivity contribution in [1.82, 2.24) is 15.0 Å². The number of ether oxygens (including phenoxy) is 1. The van der Waals surface area contributed by atoms with Crippen molar-refractivity contribution in [2.45, 2.75) is 25.7 Å². The highest BCUT2D eigenvalue weighted by Crippen LogP contribution is 2.22. The van der Waals surface area contributed by atoms with E-state index in [9.17, 15) is 4.79 Å². The first kappa shape index (κ1) is 17.3. The number of hydrogen-bond acceptors (Lipinski definition) is 6.